The first-order valence-electron chi connectivity index (χ1n) is 4.71. The largest absolute Gasteiger partial charge is 0.478 e. The van der Waals surface area contributed by atoms with Crippen LogP contribution in [0.2, 0.25) is 5.02 Å². The van der Waals surface area contributed by atoms with Crippen LogP contribution in [0.3, 0.4) is 0 Å². The van der Waals surface area contributed by atoms with Gasteiger partial charge < -0.3 is 5.11 Å². The molecule has 0 heterocycles. The first-order chi connectivity index (χ1) is 7.00. The van der Waals surface area contributed by atoms with Gasteiger partial charge in [0.1, 0.15) is 0 Å². The number of carboxylic acid groups (broad SMARTS) is 1. The van der Waals surface area contributed by atoms with Gasteiger partial charge in [-0.2, -0.15) is 0 Å². The molecule has 3 heteroatoms. The fourth-order valence-corrected chi connectivity index (χ4v) is 1.69. The number of benzene rings is 1. The second-order valence-corrected chi connectivity index (χ2v) is 4.01. The van der Waals surface area contributed by atoms with Gasteiger partial charge in [0.25, 0.3) is 0 Å². The molecule has 0 aromatic heterocycles. The van der Waals surface area contributed by atoms with E-state index < -0.39 is 5.97 Å². The summed E-state index contributed by atoms with van der Waals surface area (Å²) in [6.07, 6.45) is 2.62. The molecule has 1 rings (SSSR count). The topological polar surface area (TPSA) is 37.3 Å². The minimum absolute atomic E-state index is 0.370. The Morgan fingerprint density at radius 2 is 2.13 bits per heavy atom. The summed E-state index contributed by atoms with van der Waals surface area (Å²) in [6, 6.07) is 5.56. The van der Waals surface area contributed by atoms with Gasteiger partial charge in [-0.3, -0.25) is 0 Å². The molecule has 0 radical (unpaired) electrons. The van der Waals surface area contributed by atoms with Crippen LogP contribution in [0.25, 0.3) is 6.08 Å². The Labute approximate surface area is 94.2 Å². The molecule has 0 fully saturated rings. The molecule has 2 nitrogen and oxygen atoms in total. The second kappa shape index (κ2) is 4.99. The third-order valence-electron chi connectivity index (χ3n) is 2.06. The Bertz CT molecular complexity index is 395. The van der Waals surface area contributed by atoms with Crippen molar-refractivity contribution in [1.29, 1.82) is 0 Å². The van der Waals surface area contributed by atoms with Crippen molar-refractivity contribution >= 4 is 23.6 Å². The third kappa shape index (κ3) is 3.40. The molecule has 0 amide bonds. The van der Waals surface area contributed by atoms with Crippen molar-refractivity contribution in [2.24, 2.45) is 0 Å². The standard InChI is InChI=1S/C12H13ClO2/c1-8(2)10-5-3-9(7-11(10)13)4-6-12(14)15/h3-8H,1-2H3,(H,14,15). The number of hydrogen-bond donors (Lipinski definition) is 1. The lowest BCUT2D eigenvalue weighted by molar-refractivity contribution is -0.131. The summed E-state index contributed by atoms with van der Waals surface area (Å²) in [5.74, 6) is -0.589. The predicted octanol–water partition coefficient (Wildman–Crippen LogP) is 3.56. The first kappa shape index (κ1) is 11.8. The van der Waals surface area contributed by atoms with Gasteiger partial charge in [-0.25, -0.2) is 4.79 Å². The van der Waals surface area contributed by atoms with E-state index in [9.17, 15) is 4.79 Å². The van der Waals surface area contributed by atoms with Crippen molar-refractivity contribution in [3.05, 3.63) is 40.4 Å². The summed E-state index contributed by atoms with van der Waals surface area (Å²) in [4.78, 5) is 10.3. The van der Waals surface area contributed by atoms with Gasteiger partial charge in [0, 0.05) is 11.1 Å². The summed E-state index contributed by atoms with van der Waals surface area (Å²) < 4.78 is 0. The van der Waals surface area contributed by atoms with Gasteiger partial charge in [0.05, 0.1) is 0 Å². The average molecular weight is 225 g/mol. The molecule has 0 spiro atoms. The van der Waals surface area contributed by atoms with Crippen molar-refractivity contribution in [2.75, 3.05) is 0 Å². The maximum Gasteiger partial charge on any atom is 0.328 e. The SMILES string of the molecule is CC(C)c1ccc(C=CC(=O)O)cc1Cl. The summed E-state index contributed by atoms with van der Waals surface area (Å²) in [6.45, 7) is 4.13. The third-order valence-corrected chi connectivity index (χ3v) is 2.39. The van der Waals surface area contributed by atoms with Crippen molar-refractivity contribution in [1.82, 2.24) is 0 Å². The molecule has 80 valence electrons. The van der Waals surface area contributed by atoms with Crippen LogP contribution in [-0.2, 0) is 4.79 Å². The smallest absolute Gasteiger partial charge is 0.328 e. The number of rotatable bonds is 3. The number of carbonyl (C=O) groups is 1. The summed E-state index contributed by atoms with van der Waals surface area (Å²) >= 11 is 6.06. The Balaban J connectivity index is 2.96. The highest BCUT2D eigenvalue weighted by atomic mass is 35.5. The molecule has 0 aliphatic heterocycles. The first-order valence-corrected chi connectivity index (χ1v) is 5.09. The molecule has 1 aromatic rings. The molecule has 0 atom stereocenters. The van der Waals surface area contributed by atoms with Crippen LogP contribution in [0, 0.1) is 0 Å². The molecule has 15 heavy (non-hydrogen) atoms. The van der Waals surface area contributed by atoms with Crippen LogP contribution in [0.5, 0.6) is 0 Å². The van der Waals surface area contributed by atoms with Gasteiger partial charge in [-0.15, -0.1) is 0 Å². The lowest BCUT2D eigenvalue weighted by Gasteiger charge is -2.08. The van der Waals surface area contributed by atoms with Gasteiger partial charge in [0.2, 0.25) is 0 Å². The van der Waals surface area contributed by atoms with E-state index in [4.69, 9.17) is 16.7 Å². The molecule has 1 N–H and O–H groups in total. The van der Waals surface area contributed by atoms with Gasteiger partial charge in [-0.05, 0) is 29.2 Å². The van der Waals surface area contributed by atoms with Crippen molar-refractivity contribution < 1.29 is 9.90 Å². The maximum absolute atomic E-state index is 10.3. The van der Waals surface area contributed by atoms with E-state index in [1.54, 1.807) is 6.07 Å². The van der Waals surface area contributed by atoms with Crippen molar-refractivity contribution in [3.63, 3.8) is 0 Å². The minimum Gasteiger partial charge on any atom is -0.478 e. The predicted molar refractivity (Wildman–Crippen MR) is 62.2 cm³/mol. The highest BCUT2D eigenvalue weighted by Crippen LogP contribution is 2.25. The molecule has 0 bridgehead atoms. The fraction of sp³-hybridized carbons (Fsp3) is 0.250. The Morgan fingerprint density at radius 1 is 1.47 bits per heavy atom. The molecule has 0 aliphatic carbocycles. The lowest BCUT2D eigenvalue weighted by atomic mass is 10.0. The number of carboxylic acids is 1. The van der Waals surface area contributed by atoms with Crippen LogP contribution >= 0.6 is 11.6 Å². The number of halogens is 1. The molecule has 0 aliphatic rings. The molecular weight excluding hydrogens is 212 g/mol. The Hall–Kier alpha value is -1.28. The van der Waals surface area contributed by atoms with E-state index in [2.05, 4.69) is 13.8 Å². The normalized spacial score (nSPS) is 11.2. The Kier molecular flexibility index (Phi) is 3.92. The highest BCUT2D eigenvalue weighted by Gasteiger charge is 2.04. The lowest BCUT2D eigenvalue weighted by Crippen LogP contribution is -1.90. The zero-order chi connectivity index (χ0) is 11.4. The number of aliphatic carboxylic acids is 1. The van der Waals surface area contributed by atoms with Gasteiger partial charge >= 0.3 is 5.97 Å². The van der Waals surface area contributed by atoms with E-state index in [1.165, 1.54) is 6.08 Å². The van der Waals surface area contributed by atoms with E-state index in [-0.39, 0.29) is 0 Å². The van der Waals surface area contributed by atoms with Crippen molar-refractivity contribution in [3.8, 4) is 0 Å². The zero-order valence-electron chi connectivity index (χ0n) is 8.70. The summed E-state index contributed by atoms with van der Waals surface area (Å²) in [5.41, 5.74) is 1.87. The molecule has 0 unspecified atom stereocenters. The molecule has 0 saturated carbocycles. The highest BCUT2D eigenvalue weighted by molar-refractivity contribution is 6.31. The van der Waals surface area contributed by atoms with E-state index in [0.29, 0.717) is 10.9 Å². The quantitative estimate of drug-likeness (QED) is 0.798. The van der Waals surface area contributed by atoms with Crippen LogP contribution < -0.4 is 0 Å². The maximum atomic E-state index is 10.3. The Morgan fingerprint density at radius 3 is 2.60 bits per heavy atom. The average Bonchev–Trinajstić information content (AvgIpc) is 2.14. The van der Waals surface area contributed by atoms with E-state index in [1.807, 2.05) is 12.1 Å². The van der Waals surface area contributed by atoms with Gasteiger partial charge in [-0.1, -0.05) is 37.6 Å². The summed E-state index contributed by atoms with van der Waals surface area (Å²) in [5, 5.41) is 9.15. The van der Waals surface area contributed by atoms with Crippen LogP contribution in [-0.4, -0.2) is 11.1 Å². The van der Waals surface area contributed by atoms with Crippen LogP contribution in [0.4, 0.5) is 0 Å². The minimum atomic E-state index is -0.959. The monoisotopic (exact) mass is 224 g/mol. The van der Waals surface area contributed by atoms with Crippen molar-refractivity contribution in [2.45, 2.75) is 19.8 Å². The molecular formula is C12H13ClO2. The van der Waals surface area contributed by atoms with Gasteiger partial charge in [0.15, 0.2) is 0 Å². The number of hydrogen-bond acceptors (Lipinski definition) is 1. The second-order valence-electron chi connectivity index (χ2n) is 3.61. The molecule has 0 saturated heterocycles. The fourth-order valence-electron chi connectivity index (χ4n) is 1.28. The van der Waals surface area contributed by atoms with Crippen LogP contribution in [0.1, 0.15) is 30.9 Å². The summed E-state index contributed by atoms with van der Waals surface area (Å²) in [7, 11) is 0. The van der Waals surface area contributed by atoms with E-state index in [0.717, 1.165) is 17.2 Å². The molecule has 1 aromatic carbocycles. The van der Waals surface area contributed by atoms with Crippen LogP contribution in [0.15, 0.2) is 24.3 Å². The van der Waals surface area contributed by atoms with E-state index >= 15 is 0 Å². The zero-order valence-corrected chi connectivity index (χ0v) is 9.45.